The fourth-order valence-electron chi connectivity index (χ4n) is 6.03. The molecule has 3 unspecified atom stereocenters. The molecular weight excluding hydrogens is 478 g/mol. The molecule has 7 nitrogen and oxygen atoms in total. The van der Waals surface area contributed by atoms with Gasteiger partial charge in [-0.05, 0) is 37.8 Å². The highest BCUT2D eigenvalue weighted by molar-refractivity contribution is 6.35. The number of para-hydroxylation sites is 1. The third kappa shape index (κ3) is 4.40. The monoisotopic (exact) mass is 502 g/mol. The lowest BCUT2D eigenvalue weighted by Crippen LogP contribution is -2.49. The Morgan fingerprint density at radius 2 is 2.11 bits per heavy atom. The number of nitrogens with zero attached hydrogens (tertiary/aromatic N) is 2. The van der Waals surface area contributed by atoms with Crippen molar-refractivity contribution < 1.29 is 23.2 Å². The maximum atomic E-state index is 13.8. The lowest BCUT2D eigenvalue weighted by Gasteiger charge is -2.44. The summed E-state index contributed by atoms with van der Waals surface area (Å²) in [5.74, 6) is -4.04. The van der Waals surface area contributed by atoms with Gasteiger partial charge in [0.05, 0.1) is 16.6 Å². The minimum atomic E-state index is -2.81. The summed E-state index contributed by atoms with van der Waals surface area (Å²) < 4.78 is 27.7. The lowest BCUT2D eigenvalue weighted by molar-refractivity contribution is -0.155. The van der Waals surface area contributed by atoms with E-state index in [1.165, 1.54) is 4.90 Å². The molecule has 3 fully saturated rings. The third-order valence-corrected chi connectivity index (χ3v) is 7.91. The maximum Gasteiger partial charge on any atom is 0.271 e. The summed E-state index contributed by atoms with van der Waals surface area (Å²) >= 11 is 6.22. The van der Waals surface area contributed by atoms with Crippen LogP contribution in [-0.2, 0) is 9.59 Å². The SMILES string of the molecule is N#CC(CC1CCCC1=O)NC(=O)C1CC2(CN1C(=O)c1cc3cccc(Cl)c3[nH]1)CC(F)(F)C2. The van der Waals surface area contributed by atoms with Gasteiger partial charge in [0.2, 0.25) is 11.8 Å². The van der Waals surface area contributed by atoms with Crippen molar-refractivity contribution in [2.24, 2.45) is 11.3 Å². The Labute approximate surface area is 205 Å². The first kappa shape index (κ1) is 23.7. The predicted octanol–water partition coefficient (Wildman–Crippen LogP) is 4.22. The highest BCUT2D eigenvalue weighted by atomic mass is 35.5. The number of carbonyl (C=O) groups is 3. The quantitative estimate of drug-likeness (QED) is 0.638. The van der Waals surface area contributed by atoms with E-state index in [0.29, 0.717) is 23.4 Å². The first-order valence-corrected chi connectivity index (χ1v) is 12.2. The van der Waals surface area contributed by atoms with Crippen LogP contribution in [0.5, 0.6) is 0 Å². The zero-order valence-electron chi connectivity index (χ0n) is 19.0. The van der Waals surface area contributed by atoms with Gasteiger partial charge in [0.1, 0.15) is 23.6 Å². The van der Waals surface area contributed by atoms with Crippen LogP contribution in [-0.4, -0.2) is 52.0 Å². The number of nitrogens with one attached hydrogen (secondary N) is 2. The molecule has 2 amide bonds. The van der Waals surface area contributed by atoms with Crippen LogP contribution in [0.2, 0.25) is 5.02 Å². The molecule has 5 rings (SSSR count). The summed E-state index contributed by atoms with van der Waals surface area (Å²) in [6.45, 7) is 0.0287. The number of benzene rings is 1. The molecule has 2 saturated carbocycles. The standard InChI is InChI=1S/C25H25ClF2N4O3/c26-17-5-1-4-15-8-18(31-21(15)17)23(35)32-13-24(11-25(27,28)12-24)9-19(32)22(34)30-16(10-29)7-14-3-2-6-20(14)33/h1,4-5,8,14,16,19,31H,2-3,6-7,9,11-13H2,(H,30,34). The molecule has 2 N–H and O–H groups in total. The van der Waals surface area contributed by atoms with Crippen LogP contribution in [0.3, 0.4) is 0 Å². The van der Waals surface area contributed by atoms with E-state index in [9.17, 15) is 28.4 Å². The molecule has 3 atom stereocenters. The zero-order valence-corrected chi connectivity index (χ0v) is 19.7. The summed E-state index contributed by atoms with van der Waals surface area (Å²) in [5.41, 5.74) is -0.0511. The number of aromatic amines is 1. The molecule has 2 heterocycles. The molecule has 35 heavy (non-hydrogen) atoms. The summed E-state index contributed by atoms with van der Waals surface area (Å²) in [5, 5.41) is 13.4. The van der Waals surface area contributed by atoms with Crippen LogP contribution in [0.25, 0.3) is 10.9 Å². The molecule has 1 saturated heterocycles. The van der Waals surface area contributed by atoms with Crippen LogP contribution in [0.4, 0.5) is 8.78 Å². The second kappa shape index (κ2) is 8.59. The van der Waals surface area contributed by atoms with Crippen LogP contribution in [0.15, 0.2) is 24.3 Å². The van der Waals surface area contributed by atoms with Crippen molar-refractivity contribution in [3.63, 3.8) is 0 Å². The number of rotatable bonds is 5. The second-order valence-corrected chi connectivity index (χ2v) is 10.6. The Morgan fingerprint density at radius 1 is 1.34 bits per heavy atom. The first-order valence-electron chi connectivity index (χ1n) is 11.8. The van der Waals surface area contributed by atoms with Gasteiger partial charge in [0.25, 0.3) is 5.91 Å². The Morgan fingerprint density at radius 3 is 2.74 bits per heavy atom. The van der Waals surface area contributed by atoms with Crippen LogP contribution < -0.4 is 5.32 Å². The topological polar surface area (TPSA) is 106 Å². The summed E-state index contributed by atoms with van der Waals surface area (Å²) in [4.78, 5) is 43.1. The van der Waals surface area contributed by atoms with Gasteiger partial charge >= 0.3 is 0 Å². The Balaban J connectivity index is 1.38. The average Bonchev–Trinajstić information content (AvgIpc) is 3.50. The molecule has 2 aromatic rings. The lowest BCUT2D eigenvalue weighted by atomic mass is 9.65. The minimum absolute atomic E-state index is 0.0287. The number of ketones is 1. The first-order chi connectivity index (χ1) is 16.6. The van der Waals surface area contributed by atoms with E-state index < -0.39 is 35.2 Å². The minimum Gasteiger partial charge on any atom is -0.349 e. The Hall–Kier alpha value is -2.99. The van der Waals surface area contributed by atoms with Gasteiger partial charge in [-0.2, -0.15) is 5.26 Å². The average molecular weight is 503 g/mol. The van der Waals surface area contributed by atoms with E-state index in [4.69, 9.17) is 11.6 Å². The number of nitriles is 1. The van der Waals surface area contributed by atoms with E-state index in [2.05, 4.69) is 10.3 Å². The highest BCUT2D eigenvalue weighted by Gasteiger charge is 2.62. The fourth-order valence-corrected chi connectivity index (χ4v) is 6.26. The van der Waals surface area contributed by atoms with Gasteiger partial charge in [0.15, 0.2) is 0 Å². The molecule has 1 aliphatic heterocycles. The van der Waals surface area contributed by atoms with Crippen LogP contribution in [0, 0.1) is 22.7 Å². The molecule has 2 aliphatic carbocycles. The predicted molar refractivity (Wildman–Crippen MR) is 124 cm³/mol. The second-order valence-electron chi connectivity index (χ2n) is 10.2. The molecule has 10 heteroatoms. The number of hydrogen-bond acceptors (Lipinski definition) is 4. The normalized spacial score (nSPS) is 25.4. The van der Waals surface area contributed by atoms with Gasteiger partial charge in [-0.3, -0.25) is 14.4 Å². The fraction of sp³-hybridized carbons (Fsp3) is 0.520. The van der Waals surface area contributed by atoms with Gasteiger partial charge in [-0.1, -0.05) is 23.7 Å². The number of alkyl halides is 2. The van der Waals surface area contributed by atoms with Crippen molar-refractivity contribution in [3.8, 4) is 6.07 Å². The number of H-pyrrole nitrogens is 1. The molecule has 1 spiro atoms. The number of fused-ring (bicyclic) bond motifs is 1. The van der Waals surface area contributed by atoms with Crippen molar-refractivity contribution >= 4 is 40.1 Å². The summed E-state index contributed by atoms with van der Waals surface area (Å²) in [7, 11) is 0. The number of halogens is 3. The van der Waals surface area contributed by atoms with E-state index >= 15 is 0 Å². The van der Waals surface area contributed by atoms with Gasteiger partial charge in [-0.25, -0.2) is 8.78 Å². The van der Waals surface area contributed by atoms with E-state index in [-0.39, 0.29) is 49.6 Å². The van der Waals surface area contributed by atoms with E-state index in [1.807, 2.05) is 6.07 Å². The highest BCUT2D eigenvalue weighted by Crippen LogP contribution is 2.58. The van der Waals surface area contributed by atoms with Crippen molar-refractivity contribution in [1.82, 2.24) is 15.2 Å². The largest absolute Gasteiger partial charge is 0.349 e. The van der Waals surface area contributed by atoms with Crippen molar-refractivity contribution in [3.05, 3.63) is 35.0 Å². The maximum absolute atomic E-state index is 13.8. The number of Topliss-reactive ketones (excluding diaryl/α,β-unsaturated/α-hetero) is 1. The van der Waals surface area contributed by atoms with Gasteiger partial charge < -0.3 is 15.2 Å². The van der Waals surface area contributed by atoms with Crippen LogP contribution in [0.1, 0.15) is 55.4 Å². The smallest absolute Gasteiger partial charge is 0.271 e. The molecule has 1 aromatic carbocycles. The summed E-state index contributed by atoms with van der Waals surface area (Å²) in [6.07, 6.45) is 1.47. The van der Waals surface area contributed by atoms with E-state index in [0.717, 1.165) is 11.8 Å². The molecular formula is C25H25ClF2N4O3. The number of aromatic nitrogens is 1. The molecule has 0 radical (unpaired) electrons. The third-order valence-electron chi connectivity index (χ3n) is 7.60. The molecule has 184 valence electrons. The zero-order chi connectivity index (χ0) is 25.0. The van der Waals surface area contributed by atoms with E-state index in [1.54, 1.807) is 24.3 Å². The van der Waals surface area contributed by atoms with Gasteiger partial charge in [0, 0.05) is 42.5 Å². The summed E-state index contributed by atoms with van der Waals surface area (Å²) in [6, 6.07) is 7.01. The Kier molecular flexibility index (Phi) is 5.83. The van der Waals surface area contributed by atoms with Crippen molar-refractivity contribution in [2.75, 3.05) is 6.54 Å². The van der Waals surface area contributed by atoms with Crippen molar-refractivity contribution in [1.29, 1.82) is 5.26 Å². The number of carbonyl (C=O) groups excluding carboxylic acids is 3. The van der Waals surface area contributed by atoms with Crippen molar-refractivity contribution in [2.45, 2.75) is 63.0 Å². The number of hydrogen-bond donors (Lipinski definition) is 2. The molecule has 1 aromatic heterocycles. The number of amides is 2. The molecule has 3 aliphatic rings. The van der Waals surface area contributed by atoms with Crippen LogP contribution >= 0.6 is 11.6 Å². The Bertz CT molecular complexity index is 1250. The van der Waals surface area contributed by atoms with Gasteiger partial charge in [-0.15, -0.1) is 0 Å². The number of likely N-dealkylation sites (tertiary alicyclic amines) is 1. The molecule has 0 bridgehead atoms.